The zero-order chi connectivity index (χ0) is 8.97. The van der Waals surface area contributed by atoms with Crippen LogP contribution in [0.3, 0.4) is 0 Å². The van der Waals surface area contributed by atoms with Crippen LogP contribution in [0.25, 0.3) is 0 Å². The summed E-state index contributed by atoms with van der Waals surface area (Å²) >= 11 is 0. The van der Waals surface area contributed by atoms with Crippen molar-refractivity contribution in [2.75, 3.05) is 26.7 Å². The van der Waals surface area contributed by atoms with Crippen molar-refractivity contribution in [2.45, 2.75) is 32.8 Å². The second-order valence-corrected chi connectivity index (χ2v) is 4.25. The second-order valence-electron chi connectivity index (χ2n) is 4.25. The Morgan fingerprint density at radius 2 is 2.25 bits per heavy atom. The first-order valence-electron chi connectivity index (χ1n) is 4.98. The van der Waals surface area contributed by atoms with Crippen LogP contribution in [0, 0.1) is 5.92 Å². The van der Waals surface area contributed by atoms with Crippen LogP contribution in [0.1, 0.15) is 26.7 Å². The molecule has 1 aliphatic heterocycles. The monoisotopic (exact) mass is 171 g/mol. The van der Waals surface area contributed by atoms with Gasteiger partial charge < -0.3 is 9.64 Å². The predicted octanol–water partition coefficient (Wildman–Crippen LogP) is 1.75. The molecule has 1 aliphatic rings. The van der Waals surface area contributed by atoms with Crippen molar-refractivity contribution >= 4 is 0 Å². The van der Waals surface area contributed by atoms with Gasteiger partial charge in [0.25, 0.3) is 0 Å². The molecular weight excluding hydrogens is 150 g/mol. The molecule has 12 heavy (non-hydrogen) atoms. The highest BCUT2D eigenvalue weighted by Gasteiger charge is 2.17. The van der Waals surface area contributed by atoms with E-state index >= 15 is 0 Å². The molecule has 1 rings (SSSR count). The zero-order valence-electron chi connectivity index (χ0n) is 8.55. The summed E-state index contributed by atoms with van der Waals surface area (Å²) in [5, 5.41) is 0. The Kier molecular flexibility index (Phi) is 4.02. The number of rotatable bonds is 4. The van der Waals surface area contributed by atoms with Gasteiger partial charge in [0.05, 0.1) is 6.10 Å². The van der Waals surface area contributed by atoms with Crippen LogP contribution in [-0.2, 0) is 4.74 Å². The van der Waals surface area contributed by atoms with Gasteiger partial charge in [0.1, 0.15) is 0 Å². The van der Waals surface area contributed by atoms with E-state index in [1.54, 1.807) is 0 Å². The molecule has 0 spiro atoms. The van der Waals surface area contributed by atoms with Crippen LogP contribution >= 0.6 is 0 Å². The van der Waals surface area contributed by atoms with Crippen LogP contribution < -0.4 is 0 Å². The van der Waals surface area contributed by atoms with Gasteiger partial charge in [-0.3, -0.25) is 0 Å². The fourth-order valence-corrected chi connectivity index (χ4v) is 1.83. The summed E-state index contributed by atoms with van der Waals surface area (Å²) in [6.07, 6.45) is 3.01. The highest BCUT2D eigenvalue weighted by Crippen LogP contribution is 2.13. The fourth-order valence-electron chi connectivity index (χ4n) is 1.83. The van der Waals surface area contributed by atoms with Gasteiger partial charge in [-0.2, -0.15) is 0 Å². The van der Waals surface area contributed by atoms with E-state index < -0.39 is 0 Å². The third-order valence-electron chi connectivity index (χ3n) is 2.22. The van der Waals surface area contributed by atoms with Crippen molar-refractivity contribution in [1.82, 2.24) is 4.90 Å². The molecule has 1 saturated heterocycles. The van der Waals surface area contributed by atoms with Gasteiger partial charge in [-0.05, 0) is 25.8 Å². The number of hydrogen-bond acceptors (Lipinski definition) is 2. The average molecular weight is 171 g/mol. The second kappa shape index (κ2) is 4.83. The molecule has 0 amide bonds. The molecule has 72 valence electrons. The van der Waals surface area contributed by atoms with Crippen molar-refractivity contribution in [3.05, 3.63) is 0 Å². The summed E-state index contributed by atoms with van der Waals surface area (Å²) in [4.78, 5) is 2.38. The Balaban J connectivity index is 2.11. The topological polar surface area (TPSA) is 12.5 Å². The summed E-state index contributed by atoms with van der Waals surface area (Å²) in [5.74, 6) is 0.761. The highest BCUT2D eigenvalue weighted by atomic mass is 16.5. The molecule has 0 N–H and O–H groups in total. The summed E-state index contributed by atoms with van der Waals surface area (Å²) in [5.41, 5.74) is 0. The van der Waals surface area contributed by atoms with Crippen molar-refractivity contribution in [3.8, 4) is 0 Å². The van der Waals surface area contributed by atoms with Gasteiger partial charge in [0.2, 0.25) is 0 Å². The molecule has 0 saturated carbocycles. The number of likely N-dealkylation sites (N-methyl/N-ethyl adjacent to an activating group) is 1. The largest absolute Gasteiger partial charge is 0.377 e. The molecule has 2 nitrogen and oxygen atoms in total. The first kappa shape index (κ1) is 10.0. The molecule has 1 heterocycles. The Bertz CT molecular complexity index is 119. The van der Waals surface area contributed by atoms with E-state index in [1.807, 2.05) is 0 Å². The lowest BCUT2D eigenvalue weighted by atomic mass is 10.2. The summed E-state index contributed by atoms with van der Waals surface area (Å²) in [6, 6.07) is 0. The maximum atomic E-state index is 5.56. The molecule has 0 radical (unpaired) electrons. The van der Waals surface area contributed by atoms with Crippen molar-refractivity contribution < 1.29 is 4.74 Å². The van der Waals surface area contributed by atoms with Crippen LogP contribution in [0.2, 0.25) is 0 Å². The predicted molar refractivity (Wildman–Crippen MR) is 51.3 cm³/mol. The van der Waals surface area contributed by atoms with Crippen LogP contribution in [0.5, 0.6) is 0 Å². The van der Waals surface area contributed by atoms with E-state index in [0.717, 1.165) is 19.1 Å². The maximum Gasteiger partial charge on any atom is 0.0702 e. The molecule has 1 fully saturated rings. The van der Waals surface area contributed by atoms with E-state index in [1.165, 1.54) is 19.4 Å². The average Bonchev–Trinajstić information content (AvgIpc) is 2.37. The van der Waals surface area contributed by atoms with Gasteiger partial charge in [-0.1, -0.05) is 13.8 Å². The smallest absolute Gasteiger partial charge is 0.0702 e. The molecular formula is C10H21NO. The highest BCUT2D eigenvalue weighted by molar-refractivity contribution is 4.68. The first-order chi connectivity index (χ1) is 5.68. The third-order valence-corrected chi connectivity index (χ3v) is 2.22. The molecule has 0 aliphatic carbocycles. The molecule has 0 aromatic heterocycles. The quantitative estimate of drug-likeness (QED) is 0.639. The third kappa shape index (κ3) is 3.55. The molecule has 0 unspecified atom stereocenters. The van der Waals surface area contributed by atoms with Crippen molar-refractivity contribution in [2.24, 2.45) is 5.92 Å². The summed E-state index contributed by atoms with van der Waals surface area (Å²) in [6.45, 7) is 7.77. The SMILES string of the molecule is CC(C)CN(C)C[C@@H]1CCCO1. The molecule has 0 bridgehead atoms. The van der Waals surface area contributed by atoms with Gasteiger partial charge in [0, 0.05) is 19.7 Å². The number of hydrogen-bond donors (Lipinski definition) is 0. The molecule has 0 aromatic rings. The van der Waals surface area contributed by atoms with Gasteiger partial charge in [-0.25, -0.2) is 0 Å². The van der Waals surface area contributed by atoms with Gasteiger partial charge >= 0.3 is 0 Å². The van der Waals surface area contributed by atoms with E-state index in [0.29, 0.717) is 6.10 Å². The van der Waals surface area contributed by atoms with E-state index in [2.05, 4.69) is 25.8 Å². The normalized spacial score (nSPS) is 24.2. The van der Waals surface area contributed by atoms with E-state index in [-0.39, 0.29) is 0 Å². The van der Waals surface area contributed by atoms with Crippen molar-refractivity contribution in [3.63, 3.8) is 0 Å². The minimum absolute atomic E-state index is 0.508. The minimum atomic E-state index is 0.508. The van der Waals surface area contributed by atoms with Crippen LogP contribution in [-0.4, -0.2) is 37.7 Å². The fraction of sp³-hybridized carbons (Fsp3) is 1.00. The first-order valence-corrected chi connectivity index (χ1v) is 4.98. The molecule has 2 heteroatoms. The standard InChI is InChI=1S/C10H21NO/c1-9(2)7-11(3)8-10-5-4-6-12-10/h9-10H,4-8H2,1-3H3/t10-/m0/s1. The lowest BCUT2D eigenvalue weighted by Gasteiger charge is -2.21. The minimum Gasteiger partial charge on any atom is -0.377 e. The number of nitrogens with zero attached hydrogens (tertiary/aromatic N) is 1. The Labute approximate surface area is 75.9 Å². The summed E-state index contributed by atoms with van der Waals surface area (Å²) in [7, 11) is 2.18. The Morgan fingerprint density at radius 1 is 1.50 bits per heavy atom. The Hall–Kier alpha value is -0.0800. The maximum absolute atomic E-state index is 5.56. The lowest BCUT2D eigenvalue weighted by Crippen LogP contribution is -2.31. The zero-order valence-corrected chi connectivity index (χ0v) is 8.55. The van der Waals surface area contributed by atoms with Crippen molar-refractivity contribution in [1.29, 1.82) is 0 Å². The number of ether oxygens (including phenoxy) is 1. The molecule has 1 atom stereocenters. The van der Waals surface area contributed by atoms with Gasteiger partial charge in [-0.15, -0.1) is 0 Å². The van der Waals surface area contributed by atoms with Gasteiger partial charge in [0.15, 0.2) is 0 Å². The Morgan fingerprint density at radius 3 is 2.75 bits per heavy atom. The molecule has 0 aromatic carbocycles. The summed E-state index contributed by atoms with van der Waals surface area (Å²) < 4.78 is 5.56. The lowest BCUT2D eigenvalue weighted by molar-refractivity contribution is 0.0781. The van der Waals surface area contributed by atoms with E-state index in [9.17, 15) is 0 Å². The van der Waals surface area contributed by atoms with Crippen LogP contribution in [0.15, 0.2) is 0 Å². The van der Waals surface area contributed by atoms with Crippen LogP contribution in [0.4, 0.5) is 0 Å². The van der Waals surface area contributed by atoms with E-state index in [4.69, 9.17) is 4.74 Å².